The van der Waals surface area contributed by atoms with Gasteiger partial charge in [0.1, 0.15) is 0 Å². The van der Waals surface area contributed by atoms with Gasteiger partial charge in [-0.05, 0) is 25.1 Å². The van der Waals surface area contributed by atoms with Gasteiger partial charge in [-0.25, -0.2) is 17.9 Å². The summed E-state index contributed by atoms with van der Waals surface area (Å²) >= 11 is 0. The van der Waals surface area contributed by atoms with Crippen LogP contribution in [-0.2, 0) is 9.84 Å². The number of benzene rings is 1. The Labute approximate surface area is 140 Å². The lowest BCUT2D eigenvalue weighted by Gasteiger charge is -2.10. The molecule has 130 valence electrons. The number of sulfone groups is 1. The van der Waals surface area contributed by atoms with E-state index in [1.54, 1.807) is 13.0 Å². The van der Waals surface area contributed by atoms with Crippen molar-refractivity contribution < 1.29 is 22.0 Å². The third kappa shape index (κ3) is 3.05. The Balaban J connectivity index is 1.97. The maximum Gasteiger partial charge on any atom is 0.341 e. The summed E-state index contributed by atoms with van der Waals surface area (Å²) in [6, 6.07) is 6.53. The molecule has 0 aliphatic carbocycles. The zero-order valence-corrected chi connectivity index (χ0v) is 13.5. The SMILES string of the molecule is Cc1ccnc2nc(C(=O)Nc3ccccc3S(=O)(=O)C(F)F)nn12. The summed E-state index contributed by atoms with van der Waals surface area (Å²) in [5, 5.41) is 6.22. The molecule has 3 rings (SSSR count). The first kappa shape index (κ1) is 16.9. The minimum Gasteiger partial charge on any atom is -0.318 e. The average molecular weight is 367 g/mol. The van der Waals surface area contributed by atoms with Gasteiger partial charge in [0.15, 0.2) is 0 Å². The normalized spacial score (nSPS) is 11.8. The Morgan fingerprint density at radius 2 is 1.96 bits per heavy atom. The highest BCUT2D eigenvalue weighted by Crippen LogP contribution is 2.26. The first-order valence-electron chi connectivity index (χ1n) is 6.91. The Kier molecular flexibility index (Phi) is 4.17. The molecule has 1 N–H and O–H groups in total. The standard InChI is InChI=1S/C14H11F2N5O3S/c1-8-6-7-17-14-19-11(20-21(8)14)12(22)18-9-4-2-3-5-10(9)25(23,24)13(15)16/h2-7,13H,1H3,(H,18,22). The van der Waals surface area contributed by atoms with Gasteiger partial charge >= 0.3 is 5.76 Å². The molecule has 0 saturated carbocycles. The van der Waals surface area contributed by atoms with Crippen LogP contribution >= 0.6 is 0 Å². The van der Waals surface area contributed by atoms with Crippen molar-refractivity contribution in [3.8, 4) is 0 Å². The first-order valence-corrected chi connectivity index (χ1v) is 8.46. The number of carbonyl (C=O) groups excluding carboxylic acids is 1. The predicted octanol–water partition coefficient (Wildman–Crippen LogP) is 1.68. The minimum absolute atomic E-state index is 0.179. The van der Waals surface area contributed by atoms with Crippen LogP contribution in [-0.4, -0.2) is 39.7 Å². The highest BCUT2D eigenvalue weighted by atomic mass is 32.2. The number of amides is 1. The number of hydrogen-bond donors (Lipinski definition) is 1. The molecular formula is C14H11F2N5O3S. The molecule has 0 aliphatic rings. The molecule has 1 amide bonds. The molecule has 0 saturated heterocycles. The Morgan fingerprint density at radius 3 is 2.64 bits per heavy atom. The van der Waals surface area contributed by atoms with E-state index < -0.39 is 26.4 Å². The highest BCUT2D eigenvalue weighted by molar-refractivity contribution is 7.91. The molecule has 0 atom stereocenters. The van der Waals surface area contributed by atoms with Crippen molar-refractivity contribution in [3.05, 3.63) is 48.0 Å². The fraction of sp³-hybridized carbons (Fsp3) is 0.143. The summed E-state index contributed by atoms with van der Waals surface area (Å²) in [6.07, 6.45) is 1.49. The number of nitrogens with one attached hydrogen (secondary N) is 1. The van der Waals surface area contributed by atoms with Gasteiger partial charge in [-0.15, -0.1) is 5.10 Å². The van der Waals surface area contributed by atoms with Crippen LogP contribution in [0.15, 0.2) is 41.4 Å². The number of alkyl halides is 2. The van der Waals surface area contributed by atoms with Crippen molar-refractivity contribution in [2.45, 2.75) is 17.6 Å². The van der Waals surface area contributed by atoms with E-state index in [1.807, 2.05) is 0 Å². The fourth-order valence-electron chi connectivity index (χ4n) is 2.09. The Bertz CT molecular complexity index is 1070. The summed E-state index contributed by atoms with van der Waals surface area (Å²) in [7, 11) is -4.87. The molecule has 3 aromatic rings. The number of hydrogen-bond acceptors (Lipinski definition) is 6. The van der Waals surface area contributed by atoms with E-state index in [0.717, 1.165) is 6.07 Å². The lowest BCUT2D eigenvalue weighted by molar-refractivity contribution is 0.101. The summed E-state index contributed by atoms with van der Waals surface area (Å²) in [4.78, 5) is 19.5. The maximum absolute atomic E-state index is 12.8. The largest absolute Gasteiger partial charge is 0.341 e. The number of nitrogens with zero attached hydrogens (tertiary/aromatic N) is 4. The maximum atomic E-state index is 12.8. The summed E-state index contributed by atoms with van der Waals surface area (Å²) < 4.78 is 50.3. The average Bonchev–Trinajstić information content (AvgIpc) is 3.01. The molecule has 25 heavy (non-hydrogen) atoms. The second-order valence-electron chi connectivity index (χ2n) is 4.99. The first-order chi connectivity index (χ1) is 11.8. The lowest BCUT2D eigenvalue weighted by atomic mass is 10.3. The number of para-hydroxylation sites is 1. The van der Waals surface area contributed by atoms with Crippen molar-refractivity contribution in [1.82, 2.24) is 19.6 Å². The van der Waals surface area contributed by atoms with E-state index in [4.69, 9.17) is 0 Å². The number of anilines is 1. The number of aromatic nitrogens is 4. The summed E-state index contributed by atoms with van der Waals surface area (Å²) in [6.45, 7) is 1.73. The van der Waals surface area contributed by atoms with Gasteiger partial charge < -0.3 is 5.32 Å². The van der Waals surface area contributed by atoms with Crippen molar-refractivity contribution in [1.29, 1.82) is 0 Å². The van der Waals surface area contributed by atoms with E-state index in [0.29, 0.717) is 5.69 Å². The van der Waals surface area contributed by atoms with Crippen LogP contribution in [0.4, 0.5) is 14.5 Å². The van der Waals surface area contributed by atoms with Gasteiger partial charge in [0.25, 0.3) is 11.7 Å². The molecule has 0 bridgehead atoms. The summed E-state index contributed by atoms with van der Waals surface area (Å²) in [5.41, 5.74) is 0.397. The van der Waals surface area contributed by atoms with Crippen molar-refractivity contribution in [3.63, 3.8) is 0 Å². The van der Waals surface area contributed by atoms with Crippen LogP contribution < -0.4 is 5.32 Å². The lowest BCUT2D eigenvalue weighted by Crippen LogP contribution is -2.18. The van der Waals surface area contributed by atoms with Crippen LogP contribution in [0.2, 0.25) is 0 Å². The topological polar surface area (TPSA) is 106 Å². The Hall–Kier alpha value is -2.95. The van der Waals surface area contributed by atoms with Crippen LogP contribution in [0, 0.1) is 6.92 Å². The third-order valence-corrected chi connectivity index (χ3v) is 4.75. The third-order valence-electron chi connectivity index (χ3n) is 3.31. The van der Waals surface area contributed by atoms with Gasteiger partial charge in [0, 0.05) is 11.9 Å². The van der Waals surface area contributed by atoms with Crippen molar-refractivity contribution in [2.24, 2.45) is 0 Å². The fourth-order valence-corrected chi connectivity index (χ4v) is 2.98. The van der Waals surface area contributed by atoms with Gasteiger partial charge in [-0.1, -0.05) is 12.1 Å². The van der Waals surface area contributed by atoms with E-state index in [-0.39, 0.29) is 17.3 Å². The molecular weight excluding hydrogens is 356 g/mol. The Morgan fingerprint density at radius 1 is 1.24 bits per heavy atom. The number of rotatable bonds is 4. The number of fused-ring (bicyclic) bond motifs is 1. The minimum atomic E-state index is -4.87. The van der Waals surface area contributed by atoms with Crippen molar-refractivity contribution in [2.75, 3.05) is 5.32 Å². The van der Waals surface area contributed by atoms with E-state index >= 15 is 0 Å². The molecule has 8 nitrogen and oxygen atoms in total. The molecule has 1 aromatic carbocycles. The van der Waals surface area contributed by atoms with Gasteiger partial charge in [-0.2, -0.15) is 13.8 Å². The van der Waals surface area contributed by atoms with Gasteiger partial charge in [-0.3, -0.25) is 4.79 Å². The molecule has 0 aliphatic heterocycles. The zero-order valence-electron chi connectivity index (χ0n) is 12.7. The monoisotopic (exact) mass is 367 g/mol. The van der Waals surface area contributed by atoms with Crippen LogP contribution in [0.25, 0.3) is 5.78 Å². The molecule has 0 radical (unpaired) electrons. The summed E-state index contributed by atoms with van der Waals surface area (Å²) in [5.74, 6) is -4.54. The quantitative estimate of drug-likeness (QED) is 0.752. The zero-order chi connectivity index (χ0) is 18.2. The predicted molar refractivity (Wildman–Crippen MR) is 83.1 cm³/mol. The molecule has 0 fully saturated rings. The number of carbonyl (C=O) groups is 1. The number of halogens is 2. The molecule has 2 heterocycles. The molecule has 0 spiro atoms. The van der Waals surface area contributed by atoms with E-state index in [2.05, 4.69) is 20.4 Å². The second kappa shape index (κ2) is 6.16. The van der Waals surface area contributed by atoms with Gasteiger partial charge in [0.05, 0.1) is 10.6 Å². The number of aryl methyl sites for hydroxylation is 1. The van der Waals surface area contributed by atoms with E-state index in [1.165, 1.54) is 28.9 Å². The smallest absolute Gasteiger partial charge is 0.318 e. The van der Waals surface area contributed by atoms with Crippen LogP contribution in [0.3, 0.4) is 0 Å². The second-order valence-corrected chi connectivity index (χ2v) is 6.88. The molecule has 11 heteroatoms. The van der Waals surface area contributed by atoms with E-state index in [9.17, 15) is 22.0 Å². The molecule has 2 aromatic heterocycles. The molecule has 0 unspecified atom stereocenters. The van der Waals surface area contributed by atoms with Gasteiger partial charge in [0.2, 0.25) is 15.7 Å². The van der Waals surface area contributed by atoms with Crippen LogP contribution in [0.5, 0.6) is 0 Å². The van der Waals surface area contributed by atoms with Crippen molar-refractivity contribution >= 4 is 27.2 Å². The van der Waals surface area contributed by atoms with Crippen LogP contribution in [0.1, 0.15) is 16.3 Å². The highest BCUT2D eigenvalue weighted by Gasteiger charge is 2.30.